The molecule has 2 aromatic carbocycles. The fraction of sp³-hybridized carbons (Fsp3) is 0.227. The molecule has 1 N–H and O–H groups in total. The van der Waals surface area contributed by atoms with Crippen LogP contribution in [0.1, 0.15) is 30.0 Å². The molecule has 0 aliphatic carbocycles. The number of rotatable bonds is 3. The quantitative estimate of drug-likeness (QED) is 0.366. The van der Waals surface area contributed by atoms with Crippen molar-refractivity contribution in [3.63, 3.8) is 0 Å². The zero-order valence-corrected chi connectivity index (χ0v) is 17.9. The van der Waals surface area contributed by atoms with Gasteiger partial charge >= 0.3 is 6.18 Å². The molecule has 4 nitrogen and oxygen atoms in total. The smallest absolute Gasteiger partial charge is 0.434 e. The molecule has 0 radical (unpaired) electrons. The number of thiazole rings is 1. The van der Waals surface area contributed by atoms with Gasteiger partial charge < -0.3 is 14.6 Å². The van der Waals surface area contributed by atoms with E-state index in [1.54, 1.807) is 7.11 Å². The summed E-state index contributed by atoms with van der Waals surface area (Å²) in [5.74, 6) is 0.711. The molecule has 0 amide bonds. The van der Waals surface area contributed by atoms with Crippen LogP contribution in [0.15, 0.2) is 47.8 Å². The molecule has 31 heavy (non-hydrogen) atoms. The fourth-order valence-corrected chi connectivity index (χ4v) is 5.18. The van der Waals surface area contributed by atoms with E-state index >= 15 is 0 Å². The Morgan fingerprint density at radius 3 is 2.68 bits per heavy atom. The number of H-pyrrole nitrogens is 1. The van der Waals surface area contributed by atoms with Crippen molar-refractivity contribution >= 4 is 39.0 Å². The second-order valence-corrected chi connectivity index (χ2v) is 8.61. The van der Waals surface area contributed by atoms with Gasteiger partial charge in [-0.3, -0.25) is 0 Å². The van der Waals surface area contributed by atoms with E-state index in [2.05, 4.69) is 9.97 Å². The van der Waals surface area contributed by atoms with Crippen LogP contribution in [0.3, 0.4) is 0 Å². The maximum absolute atomic E-state index is 13.2. The Morgan fingerprint density at radius 1 is 1.23 bits per heavy atom. The summed E-state index contributed by atoms with van der Waals surface area (Å²) in [5, 5.41) is 3.10. The van der Waals surface area contributed by atoms with Crippen LogP contribution in [0.2, 0.25) is 5.02 Å². The summed E-state index contributed by atoms with van der Waals surface area (Å²) in [7, 11) is 1.59. The molecule has 0 fully saturated rings. The third kappa shape index (κ3) is 3.53. The van der Waals surface area contributed by atoms with Crippen LogP contribution >= 0.6 is 22.9 Å². The monoisotopic (exact) mass is 465 g/mol. The highest BCUT2D eigenvalue weighted by Crippen LogP contribution is 2.43. The summed E-state index contributed by atoms with van der Waals surface area (Å²) >= 11 is 7.23. The van der Waals surface area contributed by atoms with Gasteiger partial charge in [-0.2, -0.15) is 13.2 Å². The number of anilines is 1. The molecule has 4 aromatic rings. The minimum atomic E-state index is -4.47. The first-order valence-electron chi connectivity index (χ1n) is 9.58. The van der Waals surface area contributed by atoms with Crippen molar-refractivity contribution in [1.29, 1.82) is 0 Å². The third-order valence-electron chi connectivity index (χ3n) is 5.55. The van der Waals surface area contributed by atoms with E-state index in [1.807, 2.05) is 47.4 Å². The Labute approximate surface area is 186 Å². The van der Waals surface area contributed by atoms with Crippen LogP contribution in [0.4, 0.5) is 18.3 Å². The third-order valence-corrected chi connectivity index (χ3v) is 6.66. The Morgan fingerprint density at radius 2 is 2.00 bits per heavy atom. The van der Waals surface area contributed by atoms with E-state index in [1.165, 1.54) is 0 Å². The number of nitrogens with one attached hydrogen (secondary N) is 1. The van der Waals surface area contributed by atoms with Crippen LogP contribution in [0.25, 0.3) is 10.9 Å². The van der Waals surface area contributed by atoms with Gasteiger partial charge in [-0.25, -0.2) is 4.98 Å². The number of fused-ring (bicyclic) bond motifs is 3. The van der Waals surface area contributed by atoms with E-state index in [4.69, 9.17) is 16.3 Å². The Hall–Kier alpha value is -2.71. The normalized spacial score (nSPS) is 16.5. The van der Waals surface area contributed by atoms with Crippen molar-refractivity contribution in [1.82, 2.24) is 9.97 Å². The molecule has 0 bridgehead atoms. The number of ether oxygens (including phenoxy) is 1. The zero-order valence-electron chi connectivity index (χ0n) is 16.3. The summed E-state index contributed by atoms with van der Waals surface area (Å²) in [6.45, 7) is 0.536. The Kier molecular flexibility index (Phi) is 4.86. The number of methoxy groups -OCH3 is 1. The summed E-state index contributed by atoms with van der Waals surface area (Å²) in [6, 6.07) is 12.9. The van der Waals surface area contributed by atoms with Crippen molar-refractivity contribution in [2.45, 2.75) is 18.6 Å². The molecule has 162 valence electrons. The Balaban J connectivity index is 0.00000245. The number of aromatic nitrogens is 2. The van der Waals surface area contributed by atoms with E-state index in [0.717, 1.165) is 44.4 Å². The topological polar surface area (TPSA) is 41.1 Å². The van der Waals surface area contributed by atoms with Gasteiger partial charge in [0.1, 0.15) is 5.75 Å². The molecule has 1 atom stereocenters. The fourth-order valence-electron chi connectivity index (χ4n) is 4.13. The minimum Gasteiger partial charge on any atom is -0.497 e. The van der Waals surface area contributed by atoms with Gasteiger partial charge in [0.15, 0.2) is 10.8 Å². The number of hydrogen-bond donors (Lipinski definition) is 1. The van der Waals surface area contributed by atoms with Gasteiger partial charge in [0.2, 0.25) is 0 Å². The summed E-state index contributed by atoms with van der Waals surface area (Å²) < 4.78 is 44.8. The van der Waals surface area contributed by atoms with Crippen LogP contribution in [0.5, 0.6) is 5.75 Å². The number of aromatic amines is 1. The molecule has 1 aliphatic rings. The number of halogens is 4. The summed E-state index contributed by atoms with van der Waals surface area (Å²) in [4.78, 5) is 9.33. The van der Waals surface area contributed by atoms with E-state index in [-0.39, 0.29) is 7.47 Å². The van der Waals surface area contributed by atoms with Crippen molar-refractivity contribution in [3.05, 3.63) is 75.4 Å². The first kappa shape index (κ1) is 20.2. The number of alkyl halides is 3. The lowest BCUT2D eigenvalue weighted by Crippen LogP contribution is -2.36. The number of benzene rings is 2. The molecule has 1 aliphatic heterocycles. The SMILES string of the molecule is COc1ccc(C2c3[nH]c4ccc(Cl)cc4c3CCN2c2nc(C(F)(F)F)cs2)cc1.[HH]. The van der Waals surface area contributed by atoms with Gasteiger partial charge in [0, 0.05) is 35.0 Å². The predicted molar refractivity (Wildman–Crippen MR) is 118 cm³/mol. The lowest BCUT2D eigenvalue weighted by atomic mass is 9.92. The molecule has 9 heteroatoms. The van der Waals surface area contributed by atoms with Crippen LogP contribution in [-0.2, 0) is 12.6 Å². The average molecular weight is 466 g/mol. The molecule has 0 spiro atoms. The number of nitrogens with zero attached hydrogens (tertiary/aromatic N) is 2. The average Bonchev–Trinajstić information content (AvgIpc) is 3.38. The molecule has 5 rings (SSSR count). The predicted octanol–water partition coefficient (Wildman–Crippen LogP) is 6.70. The van der Waals surface area contributed by atoms with Crippen molar-refractivity contribution < 1.29 is 19.3 Å². The molecule has 0 saturated heterocycles. The molecular weight excluding hydrogens is 447 g/mol. The van der Waals surface area contributed by atoms with Crippen LogP contribution < -0.4 is 9.64 Å². The van der Waals surface area contributed by atoms with E-state index in [0.29, 0.717) is 28.9 Å². The van der Waals surface area contributed by atoms with Gasteiger partial charge in [0.25, 0.3) is 0 Å². The van der Waals surface area contributed by atoms with Gasteiger partial charge in [0.05, 0.1) is 13.2 Å². The largest absolute Gasteiger partial charge is 0.497 e. The maximum atomic E-state index is 13.2. The summed E-state index contributed by atoms with van der Waals surface area (Å²) in [5.41, 5.74) is 3.09. The van der Waals surface area contributed by atoms with Gasteiger partial charge in [-0.15, -0.1) is 11.3 Å². The first-order chi connectivity index (χ1) is 14.8. The molecule has 1 unspecified atom stereocenters. The molecule has 2 aromatic heterocycles. The molecule has 0 saturated carbocycles. The zero-order chi connectivity index (χ0) is 21.8. The Bertz CT molecular complexity index is 1260. The van der Waals surface area contributed by atoms with Crippen molar-refractivity contribution in [2.24, 2.45) is 0 Å². The lowest BCUT2D eigenvalue weighted by Gasteiger charge is -2.36. The standard InChI is InChI=1S/C22H17ClF3N3OS.H2/c1-30-14-5-2-12(3-6-14)20-19-15(16-10-13(23)4-7-17(16)27-19)8-9-29(20)21-28-18(11-31-21)22(24,25)26;/h2-7,10-11,20,27H,8-9H2,1H3;1H. The van der Waals surface area contributed by atoms with E-state index < -0.39 is 11.9 Å². The van der Waals surface area contributed by atoms with Crippen LogP contribution in [-0.4, -0.2) is 23.6 Å². The van der Waals surface area contributed by atoms with Gasteiger partial charge in [-0.1, -0.05) is 23.7 Å². The highest BCUT2D eigenvalue weighted by atomic mass is 35.5. The first-order valence-corrected chi connectivity index (χ1v) is 10.8. The van der Waals surface area contributed by atoms with Gasteiger partial charge in [-0.05, 0) is 47.9 Å². The van der Waals surface area contributed by atoms with E-state index in [9.17, 15) is 13.2 Å². The molecular formula is C22H19ClF3N3OS. The summed E-state index contributed by atoms with van der Waals surface area (Å²) in [6.07, 6.45) is -3.80. The number of hydrogen-bond acceptors (Lipinski definition) is 4. The highest BCUT2D eigenvalue weighted by Gasteiger charge is 2.37. The maximum Gasteiger partial charge on any atom is 0.434 e. The second-order valence-electron chi connectivity index (χ2n) is 7.34. The lowest BCUT2D eigenvalue weighted by molar-refractivity contribution is -0.140. The van der Waals surface area contributed by atoms with Crippen LogP contribution in [0, 0.1) is 0 Å². The highest BCUT2D eigenvalue weighted by molar-refractivity contribution is 7.13. The van der Waals surface area contributed by atoms with Crippen molar-refractivity contribution in [3.8, 4) is 5.75 Å². The van der Waals surface area contributed by atoms with Crippen molar-refractivity contribution in [2.75, 3.05) is 18.6 Å². The second kappa shape index (κ2) is 7.46. The minimum absolute atomic E-state index is 0. The molecule has 3 heterocycles.